The number of nitrogens with zero attached hydrogens (tertiary/aromatic N) is 1. The highest BCUT2D eigenvalue weighted by Crippen LogP contribution is 2.34. The Morgan fingerprint density at radius 1 is 1.28 bits per heavy atom. The molecule has 0 aliphatic carbocycles. The van der Waals surface area contributed by atoms with E-state index in [0.29, 0.717) is 17.9 Å². The van der Waals surface area contributed by atoms with Gasteiger partial charge in [-0.3, -0.25) is 9.69 Å². The highest BCUT2D eigenvalue weighted by Gasteiger charge is 2.43. The van der Waals surface area contributed by atoms with Crippen molar-refractivity contribution in [3.05, 3.63) is 71.3 Å². The Kier molecular flexibility index (Phi) is 5.36. The molecule has 1 fully saturated rings. The second-order valence-corrected chi connectivity index (χ2v) is 7.46. The molecule has 6 heteroatoms. The molecule has 4 rings (SSSR count). The van der Waals surface area contributed by atoms with Gasteiger partial charge in [0.2, 0.25) is 0 Å². The van der Waals surface area contributed by atoms with Gasteiger partial charge in [0.05, 0.1) is 19.2 Å². The SMILES string of the molecule is COC(=O)C=Cc1ccc2c(c1)C(=O)NC1(CCCN(Cc3ccccc3)C1)O2. The molecule has 29 heavy (non-hydrogen) atoms. The van der Waals surface area contributed by atoms with Gasteiger partial charge >= 0.3 is 5.97 Å². The number of fused-ring (bicyclic) bond motifs is 1. The van der Waals surface area contributed by atoms with E-state index in [1.807, 2.05) is 24.3 Å². The number of amides is 1. The predicted octanol–water partition coefficient (Wildman–Crippen LogP) is 2.99. The molecule has 1 spiro atoms. The van der Waals surface area contributed by atoms with Crippen molar-refractivity contribution in [3.63, 3.8) is 0 Å². The highest BCUT2D eigenvalue weighted by atomic mass is 16.5. The van der Waals surface area contributed by atoms with E-state index < -0.39 is 11.7 Å². The summed E-state index contributed by atoms with van der Waals surface area (Å²) < 4.78 is 10.9. The van der Waals surface area contributed by atoms with Gasteiger partial charge in [-0.05, 0) is 42.3 Å². The summed E-state index contributed by atoms with van der Waals surface area (Å²) in [7, 11) is 1.32. The summed E-state index contributed by atoms with van der Waals surface area (Å²) in [5.74, 6) is -0.0188. The Labute approximate surface area is 170 Å². The largest absolute Gasteiger partial charge is 0.466 e. The van der Waals surface area contributed by atoms with Gasteiger partial charge in [0.15, 0.2) is 5.72 Å². The normalized spacial score (nSPS) is 21.5. The smallest absolute Gasteiger partial charge is 0.330 e. The zero-order valence-electron chi connectivity index (χ0n) is 16.4. The van der Waals surface area contributed by atoms with E-state index in [1.54, 1.807) is 18.2 Å². The molecule has 0 saturated carbocycles. The Hall–Kier alpha value is -3.12. The Balaban J connectivity index is 1.51. The van der Waals surface area contributed by atoms with Crippen molar-refractivity contribution in [1.82, 2.24) is 10.2 Å². The van der Waals surface area contributed by atoms with Gasteiger partial charge in [-0.1, -0.05) is 36.4 Å². The molecular formula is C23H24N2O4. The summed E-state index contributed by atoms with van der Waals surface area (Å²) in [4.78, 5) is 26.4. The predicted molar refractivity (Wildman–Crippen MR) is 109 cm³/mol. The lowest BCUT2D eigenvalue weighted by Gasteiger charge is -2.45. The van der Waals surface area contributed by atoms with E-state index in [0.717, 1.165) is 31.5 Å². The average molecular weight is 392 g/mol. The van der Waals surface area contributed by atoms with Crippen LogP contribution in [0.25, 0.3) is 6.08 Å². The Morgan fingerprint density at radius 3 is 2.90 bits per heavy atom. The quantitative estimate of drug-likeness (QED) is 0.640. The second kappa shape index (κ2) is 8.09. The number of nitrogens with one attached hydrogen (secondary N) is 1. The molecule has 1 N–H and O–H groups in total. The van der Waals surface area contributed by atoms with Gasteiger partial charge in [0.25, 0.3) is 5.91 Å². The number of likely N-dealkylation sites (tertiary alicyclic amines) is 1. The van der Waals surface area contributed by atoms with E-state index >= 15 is 0 Å². The monoisotopic (exact) mass is 392 g/mol. The molecule has 1 unspecified atom stereocenters. The summed E-state index contributed by atoms with van der Waals surface area (Å²) in [6, 6.07) is 15.7. The lowest BCUT2D eigenvalue weighted by molar-refractivity contribution is -0.134. The minimum Gasteiger partial charge on any atom is -0.466 e. The number of esters is 1. The van der Waals surface area contributed by atoms with Gasteiger partial charge in [0, 0.05) is 19.0 Å². The van der Waals surface area contributed by atoms with Crippen LogP contribution in [0.5, 0.6) is 5.75 Å². The molecule has 150 valence electrons. The molecular weight excluding hydrogens is 368 g/mol. The van der Waals surface area contributed by atoms with Crippen molar-refractivity contribution < 1.29 is 19.1 Å². The molecule has 0 aromatic heterocycles. The minimum atomic E-state index is -0.708. The summed E-state index contributed by atoms with van der Waals surface area (Å²) in [5.41, 5.74) is 1.75. The van der Waals surface area contributed by atoms with Crippen LogP contribution in [0.2, 0.25) is 0 Å². The lowest BCUT2D eigenvalue weighted by Crippen LogP contribution is -2.63. The first-order chi connectivity index (χ1) is 14.1. The van der Waals surface area contributed by atoms with Crippen molar-refractivity contribution in [2.24, 2.45) is 0 Å². The van der Waals surface area contributed by atoms with Crippen LogP contribution in [0, 0.1) is 0 Å². The zero-order chi connectivity index (χ0) is 20.3. The first kappa shape index (κ1) is 19.2. The van der Waals surface area contributed by atoms with Crippen LogP contribution in [0.1, 0.15) is 34.3 Å². The van der Waals surface area contributed by atoms with Crippen LogP contribution in [-0.4, -0.2) is 42.7 Å². The van der Waals surface area contributed by atoms with E-state index in [9.17, 15) is 9.59 Å². The molecule has 2 aliphatic rings. The van der Waals surface area contributed by atoms with Crippen molar-refractivity contribution in [3.8, 4) is 5.75 Å². The maximum absolute atomic E-state index is 12.8. The molecule has 2 aliphatic heterocycles. The third kappa shape index (κ3) is 4.32. The number of rotatable bonds is 4. The number of methoxy groups -OCH3 is 1. The van der Waals surface area contributed by atoms with Crippen molar-refractivity contribution in [2.45, 2.75) is 25.1 Å². The molecule has 6 nitrogen and oxygen atoms in total. The van der Waals surface area contributed by atoms with E-state index in [2.05, 4.69) is 27.1 Å². The number of hydrogen-bond donors (Lipinski definition) is 1. The van der Waals surface area contributed by atoms with E-state index in [-0.39, 0.29) is 5.91 Å². The lowest BCUT2D eigenvalue weighted by atomic mass is 9.97. The van der Waals surface area contributed by atoms with Crippen molar-refractivity contribution in [2.75, 3.05) is 20.2 Å². The van der Waals surface area contributed by atoms with Crippen molar-refractivity contribution in [1.29, 1.82) is 0 Å². The molecule has 2 heterocycles. The number of carbonyl (C=O) groups is 2. The summed E-state index contributed by atoms with van der Waals surface area (Å²) in [6.45, 7) is 2.43. The van der Waals surface area contributed by atoms with E-state index in [1.165, 1.54) is 18.7 Å². The van der Waals surface area contributed by atoms with Crippen molar-refractivity contribution >= 4 is 18.0 Å². The molecule has 1 atom stereocenters. The molecule has 1 saturated heterocycles. The van der Waals surface area contributed by atoms with E-state index in [4.69, 9.17) is 4.74 Å². The first-order valence-electron chi connectivity index (χ1n) is 9.75. The van der Waals surface area contributed by atoms with Crippen LogP contribution in [0.4, 0.5) is 0 Å². The summed E-state index contributed by atoms with van der Waals surface area (Å²) in [5, 5.41) is 3.09. The third-order valence-corrected chi connectivity index (χ3v) is 5.29. The van der Waals surface area contributed by atoms with Crippen LogP contribution in [0.15, 0.2) is 54.6 Å². The highest BCUT2D eigenvalue weighted by molar-refractivity contribution is 5.99. The van der Waals surface area contributed by atoms with Crippen LogP contribution in [0.3, 0.4) is 0 Å². The van der Waals surface area contributed by atoms with Gasteiger partial charge in [-0.25, -0.2) is 4.79 Å². The molecule has 2 aromatic carbocycles. The number of carbonyl (C=O) groups excluding carboxylic acids is 2. The Bertz CT molecular complexity index is 941. The van der Waals surface area contributed by atoms with Gasteiger partial charge in [-0.2, -0.15) is 0 Å². The Morgan fingerprint density at radius 2 is 2.10 bits per heavy atom. The number of hydrogen-bond acceptors (Lipinski definition) is 5. The fourth-order valence-corrected chi connectivity index (χ4v) is 3.93. The standard InChI is InChI=1S/C23H24N2O4/c1-28-21(26)11-9-17-8-10-20-19(14-17)22(27)24-23(29-20)12-5-13-25(16-23)15-18-6-3-2-4-7-18/h2-4,6-11,14H,5,12-13,15-16H2,1H3,(H,24,27). The number of ether oxygens (including phenoxy) is 2. The summed E-state index contributed by atoms with van der Waals surface area (Å²) >= 11 is 0. The molecule has 1 amide bonds. The fraction of sp³-hybridized carbons (Fsp3) is 0.304. The van der Waals surface area contributed by atoms with Crippen LogP contribution in [-0.2, 0) is 16.1 Å². The average Bonchev–Trinajstić information content (AvgIpc) is 2.73. The topological polar surface area (TPSA) is 67.9 Å². The third-order valence-electron chi connectivity index (χ3n) is 5.29. The summed E-state index contributed by atoms with van der Waals surface area (Å²) in [6.07, 6.45) is 4.66. The number of piperidine rings is 1. The van der Waals surface area contributed by atoms with Gasteiger partial charge in [-0.15, -0.1) is 0 Å². The first-order valence-corrected chi connectivity index (χ1v) is 9.75. The maximum Gasteiger partial charge on any atom is 0.330 e. The second-order valence-electron chi connectivity index (χ2n) is 7.46. The van der Waals surface area contributed by atoms with Gasteiger partial charge in [0.1, 0.15) is 5.75 Å². The molecule has 0 bridgehead atoms. The van der Waals surface area contributed by atoms with Gasteiger partial charge < -0.3 is 14.8 Å². The van der Waals surface area contributed by atoms with Crippen LogP contribution < -0.4 is 10.1 Å². The molecule has 0 radical (unpaired) electrons. The fourth-order valence-electron chi connectivity index (χ4n) is 3.93. The van der Waals surface area contributed by atoms with Crippen LogP contribution >= 0.6 is 0 Å². The number of benzene rings is 2. The zero-order valence-corrected chi connectivity index (χ0v) is 16.4. The molecule has 2 aromatic rings. The minimum absolute atomic E-state index is 0.152. The maximum atomic E-state index is 12.8.